The summed E-state index contributed by atoms with van der Waals surface area (Å²) in [5.74, 6) is 2.69. The molecule has 1 heterocycles. The van der Waals surface area contributed by atoms with E-state index in [0.717, 1.165) is 42.5 Å². The highest BCUT2D eigenvalue weighted by Gasteiger charge is 2.24. The topological polar surface area (TPSA) is 73.8 Å². The summed E-state index contributed by atoms with van der Waals surface area (Å²) in [6.07, 6.45) is 0. The molecule has 0 aromatic heterocycles. The average molecular weight is 413 g/mol. The molecule has 0 saturated carbocycles. The zero-order valence-electron chi connectivity index (χ0n) is 16.7. The SMILES string of the molecule is CCNC(=NCc1cccc(CS(=O)(=O)NC)c1)N1CCSC(C(C)C)C1. The van der Waals surface area contributed by atoms with E-state index in [1.165, 1.54) is 7.05 Å². The van der Waals surface area contributed by atoms with Crippen LogP contribution in [0.5, 0.6) is 0 Å². The van der Waals surface area contributed by atoms with Gasteiger partial charge in [-0.1, -0.05) is 38.1 Å². The monoisotopic (exact) mass is 412 g/mol. The minimum atomic E-state index is -3.27. The first-order valence-corrected chi connectivity index (χ1v) is 12.2. The molecule has 2 N–H and O–H groups in total. The Morgan fingerprint density at radius 1 is 1.37 bits per heavy atom. The number of hydrogen-bond donors (Lipinski definition) is 2. The lowest BCUT2D eigenvalue weighted by molar-refractivity contribution is 0.381. The van der Waals surface area contributed by atoms with Crippen LogP contribution < -0.4 is 10.0 Å². The molecule has 2 rings (SSSR count). The highest BCUT2D eigenvalue weighted by atomic mass is 32.2. The fourth-order valence-electron chi connectivity index (χ4n) is 2.97. The Labute approximate surface area is 168 Å². The number of aliphatic imine (C=N–C) groups is 1. The summed E-state index contributed by atoms with van der Waals surface area (Å²) >= 11 is 2.05. The Balaban J connectivity index is 2.10. The van der Waals surface area contributed by atoms with Crippen LogP contribution in [-0.4, -0.2) is 57.0 Å². The Hall–Kier alpha value is -1.25. The van der Waals surface area contributed by atoms with Gasteiger partial charge in [0.25, 0.3) is 0 Å². The van der Waals surface area contributed by atoms with E-state index >= 15 is 0 Å². The summed E-state index contributed by atoms with van der Waals surface area (Å²) < 4.78 is 25.9. The highest BCUT2D eigenvalue weighted by molar-refractivity contribution is 8.00. The van der Waals surface area contributed by atoms with Crippen LogP contribution in [0.1, 0.15) is 31.9 Å². The number of hydrogen-bond acceptors (Lipinski definition) is 4. The van der Waals surface area contributed by atoms with E-state index in [4.69, 9.17) is 4.99 Å². The summed E-state index contributed by atoms with van der Waals surface area (Å²) in [5.41, 5.74) is 1.79. The van der Waals surface area contributed by atoms with Gasteiger partial charge in [-0.3, -0.25) is 0 Å². The first kappa shape index (κ1) is 22.0. The summed E-state index contributed by atoms with van der Waals surface area (Å²) in [5, 5.41) is 4.03. The minimum Gasteiger partial charge on any atom is -0.357 e. The molecule has 0 aliphatic carbocycles. The van der Waals surface area contributed by atoms with Crippen molar-refractivity contribution < 1.29 is 8.42 Å². The van der Waals surface area contributed by atoms with Crippen molar-refractivity contribution in [3.05, 3.63) is 35.4 Å². The second-order valence-corrected chi connectivity index (χ2v) is 10.3. The number of rotatable bonds is 7. The van der Waals surface area contributed by atoms with Gasteiger partial charge in [0, 0.05) is 30.6 Å². The molecule has 8 heteroatoms. The summed E-state index contributed by atoms with van der Waals surface area (Å²) in [6, 6.07) is 7.64. The second kappa shape index (κ2) is 10.3. The van der Waals surface area contributed by atoms with E-state index in [1.807, 2.05) is 36.0 Å². The van der Waals surface area contributed by atoms with Crippen molar-refractivity contribution in [2.24, 2.45) is 10.9 Å². The fraction of sp³-hybridized carbons (Fsp3) is 0.632. The zero-order chi connectivity index (χ0) is 19.9. The zero-order valence-corrected chi connectivity index (χ0v) is 18.4. The predicted molar refractivity (Wildman–Crippen MR) is 116 cm³/mol. The molecule has 1 aromatic rings. The first-order chi connectivity index (χ1) is 12.8. The van der Waals surface area contributed by atoms with E-state index in [-0.39, 0.29) is 5.75 Å². The highest BCUT2D eigenvalue weighted by Crippen LogP contribution is 2.25. The number of guanidine groups is 1. The smallest absolute Gasteiger partial charge is 0.215 e. The summed E-state index contributed by atoms with van der Waals surface area (Å²) in [6.45, 7) is 10.00. The van der Waals surface area contributed by atoms with Crippen molar-refractivity contribution in [3.8, 4) is 0 Å². The number of benzene rings is 1. The van der Waals surface area contributed by atoms with E-state index < -0.39 is 10.0 Å². The summed E-state index contributed by atoms with van der Waals surface area (Å²) in [4.78, 5) is 7.16. The van der Waals surface area contributed by atoms with Crippen molar-refractivity contribution in [2.75, 3.05) is 32.4 Å². The number of sulfonamides is 1. The lowest BCUT2D eigenvalue weighted by Crippen LogP contribution is -2.49. The predicted octanol–water partition coefficient (Wildman–Crippen LogP) is 2.27. The molecule has 1 atom stereocenters. The van der Waals surface area contributed by atoms with E-state index in [0.29, 0.717) is 17.7 Å². The van der Waals surface area contributed by atoms with Crippen molar-refractivity contribution in [1.29, 1.82) is 0 Å². The third-order valence-electron chi connectivity index (χ3n) is 4.54. The van der Waals surface area contributed by atoms with Crippen LogP contribution in [-0.2, 0) is 22.3 Å². The molecule has 27 heavy (non-hydrogen) atoms. The van der Waals surface area contributed by atoms with Gasteiger partial charge in [0.15, 0.2) is 5.96 Å². The van der Waals surface area contributed by atoms with Crippen LogP contribution in [0.4, 0.5) is 0 Å². The van der Waals surface area contributed by atoms with Gasteiger partial charge in [-0.05, 0) is 31.0 Å². The van der Waals surface area contributed by atoms with Crippen LogP contribution in [0.25, 0.3) is 0 Å². The molecule has 0 radical (unpaired) electrons. The van der Waals surface area contributed by atoms with Gasteiger partial charge < -0.3 is 10.2 Å². The van der Waals surface area contributed by atoms with Crippen molar-refractivity contribution >= 4 is 27.7 Å². The molecule has 0 amide bonds. The molecular formula is C19H32N4O2S2. The van der Waals surface area contributed by atoms with Crippen LogP contribution in [0.2, 0.25) is 0 Å². The molecule has 0 bridgehead atoms. The van der Waals surface area contributed by atoms with E-state index in [2.05, 4.69) is 35.7 Å². The maximum Gasteiger partial charge on any atom is 0.215 e. The molecule has 152 valence electrons. The van der Waals surface area contributed by atoms with Crippen molar-refractivity contribution in [2.45, 2.75) is 38.3 Å². The molecule has 1 aliphatic heterocycles. The fourth-order valence-corrected chi connectivity index (χ4v) is 5.03. The molecule has 1 fully saturated rings. The third kappa shape index (κ3) is 7.01. The number of thioether (sulfide) groups is 1. The van der Waals surface area contributed by atoms with Gasteiger partial charge in [-0.25, -0.2) is 18.1 Å². The lowest BCUT2D eigenvalue weighted by atomic mass is 10.1. The number of nitrogens with zero attached hydrogens (tertiary/aromatic N) is 2. The average Bonchev–Trinajstić information content (AvgIpc) is 2.65. The molecule has 1 aliphatic rings. The lowest BCUT2D eigenvalue weighted by Gasteiger charge is -2.36. The van der Waals surface area contributed by atoms with E-state index in [9.17, 15) is 8.42 Å². The van der Waals surface area contributed by atoms with Gasteiger partial charge in [0.2, 0.25) is 10.0 Å². The van der Waals surface area contributed by atoms with Crippen LogP contribution in [0, 0.1) is 5.92 Å². The second-order valence-electron chi connectivity index (χ2n) is 7.05. The van der Waals surface area contributed by atoms with Gasteiger partial charge in [0.1, 0.15) is 0 Å². The quantitative estimate of drug-likeness (QED) is 0.531. The van der Waals surface area contributed by atoms with Gasteiger partial charge in [-0.15, -0.1) is 0 Å². The molecule has 1 aromatic carbocycles. The van der Waals surface area contributed by atoms with E-state index in [1.54, 1.807) is 0 Å². The van der Waals surface area contributed by atoms with Crippen molar-refractivity contribution in [1.82, 2.24) is 14.9 Å². The first-order valence-electron chi connectivity index (χ1n) is 9.48. The van der Waals surface area contributed by atoms with Crippen LogP contribution in [0.3, 0.4) is 0 Å². The molecule has 0 spiro atoms. The van der Waals surface area contributed by atoms with Gasteiger partial charge in [-0.2, -0.15) is 11.8 Å². The van der Waals surface area contributed by atoms with Crippen LogP contribution in [0.15, 0.2) is 29.3 Å². The maximum atomic E-state index is 11.8. The normalized spacial score (nSPS) is 18.8. The molecule has 6 nitrogen and oxygen atoms in total. The molecule has 1 unspecified atom stereocenters. The Kier molecular flexibility index (Phi) is 8.44. The Bertz CT molecular complexity index is 735. The molecular weight excluding hydrogens is 380 g/mol. The Morgan fingerprint density at radius 2 is 2.11 bits per heavy atom. The van der Waals surface area contributed by atoms with Crippen LogP contribution >= 0.6 is 11.8 Å². The minimum absolute atomic E-state index is 0.0134. The number of nitrogens with one attached hydrogen (secondary N) is 2. The van der Waals surface area contributed by atoms with Gasteiger partial charge >= 0.3 is 0 Å². The van der Waals surface area contributed by atoms with Crippen molar-refractivity contribution in [3.63, 3.8) is 0 Å². The Morgan fingerprint density at radius 3 is 2.78 bits per heavy atom. The largest absolute Gasteiger partial charge is 0.357 e. The standard InChI is InChI=1S/C19H32N4O2S2/c1-5-21-19(23-9-10-26-18(13-23)15(2)3)22-12-16-7-6-8-17(11-16)14-27(24,25)20-4/h6-8,11,15,18,20H,5,9-10,12-14H2,1-4H3,(H,21,22). The molecule has 1 saturated heterocycles. The third-order valence-corrected chi connectivity index (χ3v) is 7.42. The van der Waals surface area contributed by atoms with Gasteiger partial charge in [0.05, 0.1) is 12.3 Å². The summed E-state index contributed by atoms with van der Waals surface area (Å²) in [7, 11) is -1.83. The maximum absolute atomic E-state index is 11.8.